The minimum atomic E-state index is -1.05. The van der Waals surface area contributed by atoms with E-state index in [2.05, 4.69) is 36.4 Å². The second kappa shape index (κ2) is 11.2. The zero-order valence-corrected chi connectivity index (χ0v) is 20.6. The van der Waals surface area contributed by atoms with Crippen molar-refractivity contribution in [1.82, 2.24) is 20.2 Å². The molecule has 0 amide bonds. The van der Waals surface area contributed by atoms with Crippen molar-refractivity contribution < 1.29 is 14.6 Å². The van der Waals surface area contributed by atoms with Crippen LogP contribution in [0.3, 0.4) is 0 Å². The summed E-state index contributed by atoms with van der Waals surface area (Å²) in [6.45, 7) is 9.07. The average molecular weight is 522 g/mol. The Morgan fingerprint density at radius 3 is 2.75 bits per heavy atom. The monoisotopic (exact) mass is 521 g/mol. The number of aliphatic hydroxyl groups excluding tert-OH is 2. The lowest BCUT2D eigenvalue weighted by molar-refractivity contribution is 0.105. The summed E-state index contributed by atoms with van der Waals surface area (Å²) in [5, 5.41) is 39.9. The number of halogens is 1. The lowest BCUT2D eigenvalue weighted by Gasteiger charge is -2.16. The number of nitrogens with one attached hydrogen (secondary N) is 2. The Morgan fingerprint density at radius 2 is 2.11 bits per heavy atom. The van der Waals surface area contributed by atoms with Gasteiger partial charge >= 0.3 is 0 Å². The summed E-state index contributed by atoms with van der Waals surface area (Å²) in [4.78, 5) is 12.6. The van der Waals surface area contributed by atoms with Gasteiger partial charge in [-0.15, -0.1) is 0 Å². The van der Waals surface area contributed by atoms with Gasteiger partial charge in [-0.25, -0.2) is 14.8 Å². The van der Waals surface area contributed by atoms with Gasteiger partial charge in [0.05, 0.1) is 36.2 Å². The molecule has 12 heteroatoms. The van der Waals surface area contributed by atoms with Crippen LogP contribution in [0, 0.1) is 24.8 Å². The largest absolute Gasteiger partial charge is 0.444 e. The Hall–Kier alpha value is -3.87. The molecule has 4 rings (SSSR count). The summed E-state index contributed by atoms with van der Waals surface area (Å²) >= 11 is 7.20. The minimum Gasteiger partial charge on any atom is -0.444 e. The van der Waals surface area contributed by atoms with E-state index in [9.17, 15) is 10.4 Å². The Bertz CT molecular complexity index is 1450. The second-order valence-electron chi connectivity index (χ2n) is 7.68. The molecule has 0 aliphatic rings. The number of rotatable bonds is 9. The highest BCUT2D eigenvalue weighted by molar-refractivity contribution is 7.98. The van der Waals surface area contributed by atoms with Gasteiger partial charge in [0.25, 0.3) is 0 Å². The molecule has 1 aromatic carbocycles. The van der Waals surface area contributed by atoms with E-state index in [-0.39, 0.29) is 23.6 Å². The van der Waals surface area contributed by atoms with Gasteiger partial charge in [-0.3, -0.25) is 5.10 Å². The Kier molecular flexibility index (Phi) is 7.88. The fourth-order valence-electron chi connectivity index (χ4n) is 3.31. The Morgan fingerprint density at radius 1 is 1.33 bits per heavy atom. The van der Waals surface area contributed by atoms with Crippen LogP contribution in [-0.2, 0) is 5.75 Å². The lowest BCUT2D eigenvalue weighted by atomic mass is 10.0. The molecule has 4 N–H and O–H groups in total. The van der Waals surface area contributed by atoms with Gasteiger partial charge in [-0.1, -0.05) is 23.4 Å². The number of benzene rings is 1. The predicted molar refractivity (Wildman–Crippen MR) is 136 cm³/mol. The van der Waals surface area contributed by atoms with E-state index in [1.807, 2.05) is 6.92 Å². The number of nitrogens with zero attached hydrogens (tertiary/aromatic N) is 5. The number of oxazole rings is 1. The highest BCUT2D eigenvalue weighted by atomic mass is 35.5. The number of pyridine rings is 1. The van der Waals surface area contributed by atoms with Crippen LogP contribution in [-0.4, -0.2) is 49.6 Å². The zero-order valence-electron chi connectivity index (χ0n) is 19.0. The van der Waals surface area contributed by atoms with Crippen LogP contribution in [0.2, 0.25) is 5.02 Å². The van der Waals surface area contributed by atoms with Gasteiger partial charge in [0.1, 0.15) is 23.2 Å². The summed E-state index contributed by atoms with van der Waals surface area (Å²) in [6, 6.07) is 11.0. The van der Waals surface area contributed by atoms with Gasteiger partial charge in [-0.05, 0) is 37.3 Å². The molecule has 182 valence electrons. The number of hydrogen-bond acceptors (Lipinski definition) is 9. The van der Waals surface area contributed by atoms with Crippen LogP contribution in [0.5, 0.6) is 0 Å². The first kappa shape index (κ1) is 25.2. The normalized spacial score (nSPS) is 11.6. The zero-order chi connectivity index (χ0) is 25.7. The minimum absolute atomic E-state index is 0.0329. The third-order valence-electron chi connectivity index (χ3n) is 5.04. The number of H-pyrrole nitrogens is 1. The Labute approximate surface area is 215 Å². The number of aromatic amines is 1. The standard InChI is InChI=1S/C24H20ClN7O3S/c1-13-7-19(32-31-13)20-18(8-26)24(30-22(21(20)27-2)28-9-17(34)10-33)36-12-16-11-35-23(29-16)14-3-5-15(25)6-4-14/h3-7,11,17,33-34H,9-10,12H2,1H3,(H,28,30)(H,31,32)/t17-/m0/s1. The number of aromatic nitrogens is 4. The molecule has 0 aliphatic carbocycles. The molecule has 1 atom stereocenters. The summed E-state index contributed by atoms with van der Waals surface area (Å²) in [7, 11) is 0. The van der Waals surface area contributed by atoms with Crippen LogP contribution >= 0.6 is 23.4 Å². The van der Waals surface area contributed by atoms with Crippen molar-refractivity contribution in [2.24, 2.45) is 0 Å². The maximum atomic E-state index is 10.0. The summed E-state index contributed by atoms with van der Waals surface area (Å²) in [5.41, 5.74) is 3.23. The predicted octanol–water partition coefficient (Wildman–Crippen LogP) is 4.57. The number of nitriles is 1. The first-order valence-electron chi connectivity index (χ1n) is 10.7. The van der Waals surface area contributed by atoms with Crippen molar-refractivity contribution in [3.8, 4) is 28.8 Å². The van der Waals surface area contributed by atoms with Crippen LogP contribution in [0.25, 0.3) is 27.6 Å². The molecule has 10 nitrogen and oxygen atoms in total. The first-order valence-corrected chi connectivity index (χ1v) is 12.0. The van der Waals surface area contributed by atoms with Crippen LogP contribution < -0.4 is 5.32 Å². The highest BCUT2D eigenvalue weighted by Gasteiger charge is 2.24. The molecule has 4 aromatic rings. The van der Waals surface area contributed by atoms with E-state index >= 15 is 0 Å². The molecule has 0 saturated carbocycles. The third-order valence-corrected chi connectivity index (χ3v) is 6.30. The van der Waals surface area contributed by atoms with Gasteiger partial charge in [0.2, 0.25) is 11.6 Å². The molecule has 0 fully saturated rings. The fourth-order valence-corrected chi connectivity index (χ4v) is 4.30. The number of hydrogen-bond donors (Lipinski definition) is 4. The van der Waals surface area contributed by atoms with E-state index in [0.717, 1.165) is 11.3 Å². The number of anilines is 1. The molecule has 0 bridgehead atoms. The van der Waals surface area contributed by atoms with Crippen molar-refractivity contribution >= 4 is 34.9 Å². The average Bonchev–Trinajstić information content (AvgIpc) is 3.54. The van der Waals surface area contributed by atoms with Crippen molar-refractivity contribution in [1.29, 1.82) is 5.26 Å². The molecule has 36 heavy (non-hydrogen) atoms. The fraction of sp³-hybridized carbons (Fsp3) is 0.208. The summed E-state index contributed by atoms with van der Waals surface area (Å²) in [5.74, 6) is 0.956. The highest BCUT2D eigenvalue weighted by Crippen LogP contribution is 2.42. The van der Waals surface area contributed by atoms with E-state index in [1.54, 1.807) is 30.3 Å². The van der Waals surface area contributed by atoms with Crippen molar-refractivity contribution in [2.75, 3.05) is 18.5 Å². The van der Waals surface area contributed by atoms with Crippen molar-refractivity contribution in [2.45, 2.75) is 23.8 Å². The molecular weight excluding hydrogens is 502 g/mol. The maximum absolute atomic E-state index is 10.0. The number of thioether (sulfide) groups is 1. The third kappa shape index (κ3) is 5.51. The number of aryl methyl sites for hydroxylation is 1. The SMILES string of the molecule is [C-]#[N+]c1c(NC[C@H](O)CO)nc(SCc2coc(-c3ccc(Cl)cc3)n2)c(C#N)c1-c1cc(C)[nH]n1. The Balaban J connectivity index is 1.69. The molecule has 0 aliphatic heterocycles. The van der Waals surface area contributed by atoms with Gasteiger partial charge in [0, 0.05) is 34.1 Å². The maximum Gasteiger partial charge on any atom is 0.238 e. The molecule has 0 radical (unpaired) electrons. The number of aliphatic hydroxyl groups is 2. The quantitative estimate of drug-likeness (QED) is 0.183. The van der Waals surface area contributed by atoms with Gasteiger partial charge < -0.3 is 19.9 Å². The van der Waals surface area contributed by atoms with Crippen LogP contribution in [0.15, 0.2) is 46.0 Å². The van der Waals surface area contributed by atoms with E-state index in [1.165, 1.54) is 18.0 Å². The smallest absolute Gasteiger partial charge is 0.238 e. The molecule has 0 unspecified atom stereocenters. The van der Waals surface area contributed by atoms with E-state index in [0.29, 0.717) is 38.6 Å². The molecule has 0 saturated heterocycles. The van der Waals surface area contributed by atoms with E-state index < -0.39 is 12.7 Å². The first-order chi connectivity index (χ1) is 17.4. The molecular formula is C24H20ClN7O3S. The molecule has 3 aromatic heterocycles. The second-order valence-corrected chi connectivity index (χ2v) is 9.08. The lowest BCUT2D eigenvalue weighted by Crippen LogP contribution is -2.23. The van der Waals surface area contributed by atoms with Crippen LogP contribution in [0.4, 0.5) is 11.5 Å². The molecule has 0 spiro atoms. The van der Waals surface area contributed by atoms with Crippen molar-refractivity contribution in [3.05, 3.63) is 70.0 Å². The van der Waals surface area contributed by atoms with Crippen LogP contribution in [0.1, 0.15) is 17.0 Å². The van der Waals surface area contributed by atoms with Gasteiger partial charge in [0.15, 0.2) is 0 Å². The summed E-state index contributed by atoms with van der Waals surface area (Å²) < 4.78 is 5.60. The van der Waals surface area contributed by atoms with Gasteiger partial charge in [-0.2, -0.15) is 10.4 Å². The summed E-state index contributed by atoms with van der Waals surface area (Å²) in [6.07, 6.45) is 0.486. The topological polar surface area (TPSA) is 148 Å². The van der Waals surface area contributed by atoms with E-state index in [4.69, 9.17) is 27.7 Å². The van der Waals surface area contributed by atoms with Crippen molar-refractivity contribution in [3.63, 3.8) is 0 Å². The molecule has 3 heterocycles.